The first-order valence-corrected chi connectivity index (χ1v) is 9.39. The molecule has 2 heterocycles. The summed E-state index contributed by atoms with van der Waals surface area (Å²) in [6.45, 7) is 3.22. The number of ether oxygens (including phenoxy) is 1. The van der Waals surface area contributed by atoms with Gasteiger partial charge in [-0.15, -0.1) is 0 Å². The topological polar surface area (TPSA) is 67.4 Å². The van der Waals surface area contributed by atoms with Crippen molar-refractivity contribution in [1.82, 2.24) is 15.3 Å². The first kappa shape index (κ1) is 17.9. The Kier molecular flexibility index (Phi) is 5.29. The number of nitrogens with zero attached hydrogens (tertiary/aromatic N) is 3. The molecule has 1 aliphatic carbocycles. The number of anilines is 1. The Balaban J connectivity index is 1.37. The molecule has 1 amide bonds. The van der Waals surface area contributed by atoms with Gasteiger partial charge in [0.05, 0.1) is 13.2 Å². The lowest BCUT2D eigenvalue weighted by molar-refractivity contribution is -0.125. The van der Waals surface area contributed by atoms with E-state index in [4.69, 9.17) is 9.72 Å². The maximum absolute atomic E-state index is 13.7. The van der Waals surface area contributed by atoms with Crippen LogP contribution in [0.15, 0.2) is 30.5 Å². The van der Waals surface area contributed by atoms with Crippen molar-refractivity contribution in [3.05, 3.63) is 53.1 Å². The Bertz CT molecular complexity index is 823. The summed E-state index contributed by atoms with van der Waals surface area (Å²) in [4.78, 5) is 23.9. The number of carbonyl (C=O) groups is 1. The van der Waals surface area contributed by atoms with Crippen molar-refractivity contribution in [1.29, 1.82) is 0 Å². The molecule has 7 heteroatoms. The molecule has 2 aliphatic rings. The van der Waals surface area contributed by atoms with E-state index in [9.17, 15) is 9.18 Å². The third kappa shape index (κ3) is 4.08. The average molecular weight is 370 g/mol. The van der Waals surface area contributed by atoms with E-state index in [1.54, 1.807) is 18.2 Å². The molecule has 1 saturated heterocycles. The summed E-state index contributed by atoms with van der Waals surface area (Å²) in [5, 5.41) is 2.86. The van der Waals surface area contributed by atoms with E-state index in [1.807, 2.05) is 6.20 Å². The number of fused-ring (bicyclic) bond motifs is 1. The minimum atomic E-state index is -0.296. The maximum atomic E-state index is 13.7. The van der Waals surface area contributed by atoms with Gasteiger partial charge in [0, 0.05) is 43.0 Å². The molecule has 1 unspecified atom stereocenters. The summed E-state index contributed by atoms with van der Waals surface area (Å²) in [6.07, 6.45) is 3.98. The van der Waals surface area contributed by atoms with Crippen LogP contribution in [0, 0.1) is 11.7 Å². The monoisotopic (exact) mass is 370 g/mol. The number of aromatic nitrogens is 2. The van der Waals surface area contributed by atoms with Crippen LogP contribution in [0.25, 0.3) is 0 Å². The predicted molar refractivity (Wildman–Crippen MR) is 98.8 cm³/mol. The molecule has 0 saturated carbocycles. The minimum Gasteiger partial charge on any atom is -0.378 e. The fourth-order valence-electron chi connectivity index (χ4n) is 3.60. The lowest BCUT2D eigenvalue weighted by atomic mass is 9.86. The highest BCUT2D eigenvalue weighted by molar-refractivity contribution is 5.79. The van der Waals surface area contributed by atoms with Crippen LogP contribution >= 0.6 is 0 Å². The van der Waals surface area contributed by atoms with Gasteiger partial charge in [-0.1, -0.05) is 18.2 Å². The molecule has 1 N–H and O–H groups in total. The number of nitrogens with one attached hydrogen (secondary N) is 1. The highest BCUT2D eigenvalue weighted by Crippen LogP contribution is 2.26. The average Bonchev–Trinajstić information content (AvgIpc) is 2.73. The van der Waals surface area contributed by atoms with Crippen molar-refractivity contribution in [2.24, 2.45) is 5.92 Å². The van der Waals surface area contributed by atoms with Crippen molar-refractivity contribution in [3.8, 4) is 0 Å². The normalized spacial score (nSPS) is 19.4. The van der Waals surface area contributed by atoms with Gasteiger partial charge in [-0.2, -0.15) is 0 Å². The Morgan fingerprint density at radius 1 is 1.30 bits per heavy atom. The van der Waals surface area contributed by atoms with Gasteiger partial charge in [0.15, 0.2) is 0 Å². The molecular formula is C20H23FN4O2. The van der Waals surface area contributed by atoms with Crippen LogP contribution in [-0.4, -0.2) is 42.2 Å². The smallest absolute Gasteiger partial charge is 0.225 e. The largest absolute Gasteiger partial charge is 0.378 e. The number of benzene rings is 1. The molecule has 6 nitrogen and oxygen atoms in total. The molecule has 1 aromatic carbocycles. The number of amides is 1. The van der Waals surface area contributed by atoms with Crippen LogP contribution in [-0.2, 0) is 28.9 Å². The molecule has 0 spiro atoms. The second-order valence-corrected chi connectivity index (χ2v) is 6.99. The van der Waals surface area contributed by atoms with Gasteiger partial charge in [0.2, 0.25) is 11.9 Å². The quantitative estimate of drug-likeness (QED) is 0.890. The standard InChI is InChI=1S/C20H23FN4O2/c21-17-4-2-1-3-15(17)12-22-19(26)14-5-6-18-16(11-14)13-23-20(24-18)25-7-9-27-10-8-25/h1-4,13-14H,5-12H2,(H,22,26). The summed E-state index contributed by atoms with van der Waals surface area (Å²) in [5.41, 5.74) is 2.56. The zero-order valence-electron chi connectivity index (χ0n) is 15.2. The van der Waals surface area contributed by atoms with Crippen LogP contribution in [0.2, 0.25) is 0 Å². The molecule has 4 rings (SSSR count). The lowest BCUT2D eigenvalue weighted by Crippen LogP contribution is -2.38. The van der Waals surface area contributed by atoms with Crippen molar-refractivity contribution in [2.75, 3.05) is 31.2 Å². The molecular weight excluding hydrogens is 347 g/mol. The van der Waals surface area contributed by atoms with Crippen molar-refractivity contribution in [3.63, 3.8) is 0 Å². The molecule has 2 aromatic rings. The van der Waals surface area contributed by atoms with Crippen LogP contribution in [0.3, 0.4) is 0 Å². The summed E-state index contributed by atoms with van der Waals surface area (Å²) in [6, 6.07) is 6.50. The Morgan fingerprint density at radius 2 is 2.11 bits per heavy atom. The molecule has 27 heavy (non-hydrogen) atoms. The Labute approximate surface area is 157 Å². The zero-order valence-corrected chi connectivity index (χ0v) is 15.2. The fraction of sp³-hybridized carbons (Fsp3) is 0.450. The molecule has 1 atom stereocenters. The second kappa shape index (κ2) is 8.00. The molecule has 0 bridgehead atoms. The summed E-state index contributed by atoms with van der Waals surface area (Å²) in [7, 11) is 0. The lowest BCUT2D eigenvalue weighted by Gasteiger charge is -2.28. The van der Waals surface area contributed by atoms with E-state index < -0.39 is 0 Å². The van der Waals surface area contributed by atoms with E-state index in [-0.39, 0.29) is 24.2 Å². The van der Waals surface area contributed by atoms with E-state index in [1.165, 1.54) is 6.07 Å². The number of hydrogen-bond donors (Lipinski definition) is 1. The number of aryl methyl sites for hydroxylation is 1. The fourth-order valence-corrected chi connectivity index (χ4v) is 3.60. The number of carbonyl (C=O) groups excluding carboxylic acids is 1. The summed E-state index contributed by atoms with van der Waals surface area (Å²) >= 11 is 0. The van der Waals surface area contributed by atoms with Gasteiger partial charge in [-0.3, -0.25) is 4.79 Å². The number of halogens is 1. The van der Waals surface area contributed by atoms with E-state index in [0.717, 1.165) is 43.1 Å². The Morgan fingerprint density at radius 3 is 2.93 bits per heavy atom. The number of rotatable bonds is 4. The molecule has 1 fully saturated rings. The first-order chi connectivity index (χ1) is 13.2. The summed E-state index contributed by atoms with van der Waals surface area (Å²) in [5.74, 6) is 0.290. The first-order valence-electron chi connectivity index (χ1n) is 9.39. The van der Waals surface area contributed by atoms with Gasteiger partial charge in [-0.25, -0.2) is 14.4 Å². The van der Waals surface area contributed by atoms with Gasteiger partial charge in [-0.05, 0) is 30.9 Å². The van der Waals surface area contributed by atoms with Crippen LogP contribution < -0.4 is 10.2 Å². The predicted octanol–water partition coefficient (Wildman–Crippen LogP) is 1.87. The van der Waals surface area contributed by atoms with Crippen LogP contribution in [0.4, 0.5) is 10.3 Å². The second-order valence-electron chi connectivity index (χ2n) is 6.99. The SMILES string of the molecule is O=C(NCc1ccccc1F)C1CCc2nc(N3CCOCC3)ncc2C1. The molecule has 142 valence electrons. The van der Waals surface area contributed by atoms with Gasteiger partial charge in [0.1, 0.15) is 5.82 Å². The van der Waals surface area contributed by atoms with Crippen molar-refractivity contribution in [2.45, 2.75) is 25.8 Å². The summed E-state index contributed by atoms with van der Waals surface area (Å²) < 4.78 is 19.1. The molecule has 1 aliphatic heterocycles. The maximum Gasteiger partial charge on any atom is 0.225 e. The molecule has 1 aromatic heterocycles. The van der Waals surface area contributed by atoms with Gasteiger partial charge < -0.3 is 15.0 Å². The van der Waals surface area contributed by atoms with E-state index >= 15 is 0 Å². The van der Waals surface area contributed by atoms with Gasteiger partial charge in [0.25, 0.3) is 0 Å². The third-order valence-corrected chi connectivity index (χ3v) is 5.21. The van der Waals surface area contributed by atoms with Crippen molar-refractivity contribution >= 4 is 11.9 Å². The minimum absolute atomic E-state index is 0.0406. The van der Waals surface area contributed by atoms with Crippen molar-refractivity contribution < 1.29 is 13.9 Å². The van der Waals surface area contributed by atoms with Crippen LogP contribution in [0.5, 0.6) is 0 Å². The Hall–Kier alpha value is -2.54. The highest BCUT2D eigenvalue weighted by atomic mass is 19.1. The van der Waals surface area contributed by atoms with E-state index in [2.05, 4.69) is 15.2 Å². The highest BCUT2D eigenvalue weighted by Gasteiger charge is 2.27. The zero-order chi connectivity index (χ0) is 18.6. The molecule has 0 radical (unpaired) electrons. The number of morpholine rings is 1. The third-order valence-electron chi connectivity index (χ3n) is 5.21. The van der Waals surface area contributed by atoms with Crippen LogP contribution in [0.1, 0.15) is 23.2 Å². The number of hydrogen-bond acceptors (Lipinski definition) is 5. The van der Waals surface area contributed by atoms with E-state index in [0.29, 0.717) is 25.2 Å². The van der Waals surface area contributed by atoms with Gasteiger partial charge >= 0.3 is 0 Å².